The van der Waals surface area contributed by atoms with Crippen molar-refractivity contribution < 1.29 is 5.11 Å². The van der Waals surface area contributed by atoms with Gasteiger partial charge in [0.05, 0.1) is 24.5 Å². The van der Waals surface area contributed by atoms with Crippen LogP contribution in [-0.2, 0) is 6.54 Å². The zero-order valence-electron chi connectivity index (χ0n) is 13.5. The molecular formula is C15H28N4O2. The van der Waals surface area contributed by atoms with Crippen LogP contribution in [0.2, 0.25) is 0 Å². The van der Waals surface area contributed by atoms with Crippen molar-refractivity contribution in [2.45, 2.75) is 39.8 Å². The summed E-state index contributed by atoms with van der Waals surface area (Å²) in [5.41, 5.74) is 0.629. The van der Waals surface area contributed by atoms with Crippen LogP contribution in [0.15, 0.2) is 17.1 Å². The van der Waals surface area contributed by atoms with Crippen LogP contribution in [0.1, 0.15) is 27.2 Å². The molecule has 2 N–H and O–H groups in total. The van der Waals surface area contributed by atoms with Crippen molar-refractivity contribution >= 4 is 5.69 Å². The van der Waals surface area contributed by atoms with Crippen molar-refractivity contribution in [2.24, 2.45) is 5.92 Å². The first-order valence-electron chi connectivity index (χ1n) is 7.61. The van der Waals surface area contributed by atoms with Gasteiger partial charge in [0, 0.05) is 26.2 Å². The van der Waals surface area contributed by atoms with E-state index < -0.39 is 6.10 Å². The van der Waals surface area contributed by atoms with Crippen LogP contribution in [0.4, 0.5) is 5.69 Å². The van der Waals surface area contributed by atoms with Gasteiger partial charge >= 0.3 is 0 Å². The Morgan fingerprint density at radius 1 is 1.43 bits per heavy atom. The van der Waals surface area contributed by atoms with Crippen LogP contribution in [0.5, 0.6) is 0 Å². The molecule has 0 amide bonds. The van der Waals surface area contributed by atoms with Crippen LogP contribution in [0, 0.1) is 5.92 Å². The molecule has 1 unspecified atom stereocenters. The van der Waals surface area contributed by atoms with E-state index in [-0.39, 0.29) is 12.1 Å². The highest BCUT2D eigenvalue weighted by Crippen LogP contribution is 2.07. The van der Waals surface area contributed by atoms with Gasteiger partial charge in [-0.3, -0.25) is 4.79 Å². The fourth-order valence-corrected chi connectivity index (χ4v) is 2.04. The molecule has 0 radical (unpaired) electrons. The summed E-state index contributed by atoms with van der Waals surface area (Å²) in [5.74, 6) is 0.534. The second-order valence-electron chi connectivity index (χ2n) is 5.86. The predicted octanol–water partition coefficient (Wildman–Crippen LogP) is 0.696. The second kappa shape index (κ2) is 8.79. The SMILES string of the molecule is CCCN(C)c1cnn(CC(O)CNCC(C)C)c(=O)c1. The molecule has 1 rings (SSSR count). The summed E-state index contributed by atoms with van der Waals surface area (Å²) in [4.78, 5) is 14.0. The lowest BCUT2D eigenvalue weighted by Gasteiger charge is -2.18. The number of rotatable bonds is 9. The number of aliphatic hydroxyl groups excluding tert-OH is 1. The van der Waals surface area contributed by atoms with E-state index in [2.05, 4.69) is 31.2 Å². The number of hydrogen-bond acceptors (Lipinski definition) is 5. The third-order valence-corrected chi connectivity index (χ3v) is 3.17. The average molecular weight is 296 g/mol. The third kappa shape index (κ3) is 6.27. The lowest BCUT2D eigenvalue weighted by atomic mass is 10.2. The molecule has 0 aliphatic carbocycles. The number of nitrogens with zero attached hydrogens (tertiary/aromatic N) is 3. The van der Waals surface area contributed by atoms with Crippen molar-refractivity contribution in [1.29, 1.82) is 0 Å². The molecular weight excluding hydrogens is 268 g/mol. The molecule has 1 aromatic rings. The summed E-state index contributed by atoms with van der Waals surface area (Å²) in [7, 11) is 1.94. The van der Waals surface area contributed by atoms with Gasteiger partial charge in [-0.1, -0.05) is 20.8 Å². The van der Waals surface area contributed by atoms with E-state index in [1.807, 2.05) is 11.9 Å². The van der Waals surface area contributed by atoms with Crippen molar-refractivity contribution in [1.82, 2.24) is 15.1 Å². The Kier molecular flexibility index (Phi) is 7.39. The van der Waals surface area contributed by atoms with Gasteiger partial charge in [-0.05, 0) is 18.9 Å². The van der Waals surface area contributed by atoms with Gasteiger partial charge in [0.15, 0.2) is 0 Å². The molecule has 6 heteroatoms. The maximum absolute atomic E-state index is 12.0. The summed E-state index contributed by atoms with van der Waals surface area (Å²) in [5, 5.41) is 17.2. The Morgan fingerprint density at radius 2 is 2.14 bits per heavy atom. The van der Waals surface area contributed by atoms with E-state index in [9.17, 15) is 9.90 Å². The normalized spacial score (nSPS) is 12.7. The fourth-order valence-electron chi connectivity index (χ4n) is 2.04. The first-order chi connectivity index (χ1) is 9.93. The van der Waals surface area contributed by atoms with Crippen molar-refractivity contribution in [3.8, 4) is 0 Å². The number of anilines is 1. The predicted molar refractivity (Wildman–Crippen MR) is 85.8 cm³/mol. The third-order valence-electron chi connectivity index (χ3n) is 3.17. The van der Waals surface area contributed by atoms with Crippen LogP contribution in [0.3, 0.4) is 0 Å². The molecule has 0 aliphatic rings. The molecule has 0 fully saturated rings. The number of hydrogen-bond donors (Lipinski definition) is 2. The van der Waals surface area contributed by atoms with Gasteiger partial charge in [-0.2, -0.15) is 5.10 Å². The minimum Gasteiger partial charge on any atom is -0.390 e. The summed E-state index contributed by atoms with van der Waals surface area (Å²) >= 11 is 0. The minimum atomic E-state index is -0.617. The first-order valence-corrected chi connectivity index (χ1v) is 7.61. The lowest BCUT2D eigenvalue weighted by molar-refractivity contribution is 0.144. The topological polar surface area (TPSA) is 70.4 Å². The summed E-state index contributed by atoms with van der Waals surface area (Å²) in [6.45, 7) is 8.71. The maximum Gasteiger partial charge on any atom is 0.268 e. The Morgan fingerprint density at radius 3 is 2.71 bits per heavy atom. The van der Waals surface area contributed by atoms with E-state index in [0.29, 0.717) is 12.5 Å². The van der Waals surface area contributed by atoms with E-state index in [0.717, 1.165) is 25.2 Å². The molecule has 120 valence electrons. The molecule has 0 saturated heterocycles. The van der Waals surface area contributed by atoms with Crippen LogP contribution in [0.25, 0.3) is 0 Å². The molecule has 21 heavy (non-hydrogen) atoms. The Bertz CT molecular complexity index is 473. The number of aromatic nitrogens is 2. The summed E-state index contributed by atoms with van der Waals surface area (Å²) in [6.07, 6.45) is 2.07. The van der Waals surface area contributed by atoms with Gasteiger partial charge < -0.3 is 15.3 Å². The first kappa shape index (κ1) is 17.7. The molecule has 1 aromatic heterocycles. The van der Waals surface area contributed by atoms with Crippen molar-refractivity contribution in [2.75, 3.05) is 31.6 Å². The van der Waals surface area contributed by atoms with Gasteiger partial charge in [0.1, 0.15) is 0 Å². The van der Waals surface area contributed by atoms with Gasteiger partial charge in [0.2, 0.25) is 0 Å². The highest BCUT2D eigenvalue weighted by Gasteiger charge is 2.09. The molecule has 6 nitrogen and oxygen atoms in total. The van der Waals surface area contributed by atoms with E-state index in [4.69, 9.17) is 0 Å². The largest absolute Gasteiger partial charge is 0.390 e. The molecule has 1 heterocycles. The van der Waals surface area contributed by atoms with Gasteiger partial charge in [-0.25, -0.2) is 4.68 Å². The summed E-state index contributed by atoms with van der Waals surface area (Å²) in [6, 6.07) is 1.57. The quantitative estimate of drug-likeness (QED) is 0.702. The lowest BCUT2D eigenvalue weighted by Crippen LogP contribution is -2.36. The van der Waals surface area contributed by atoms with Gasteiger partial charge in [-0.15, -0.1) is 0 Å². The Balaban J connectivity index is 2.58. The molecule has 1 atom stereocenters. The Hall–Kier alpha value is -1.40. The average Bonchev–Trinajstić information content (AvgIpc) is 2.41. The van der Waals surface area contributed by atoms with Crippen LogP contribution < -0.4 is 15.8 Å². The molecule has 0 spiro atoms. The Labute approximate surface area is 126 Å². The van der Waals surface area contributed by atoms with Crippen LogP contribution in [-0.4, -0.2) is 47.7 Å². The number of nitrogens with one attached hydrogen (secondary N) is 1. The van der Waals surface area contributed by atoms with Gasteiger partial charge in [0.25, 0.3) is 5.56 Å². The fraction of sp³-hybridized carbons (Fsp3) is 0.733. The highest BCUT2D eigenvalue weighted by molar-refractivity contribution is 5.41. The molecule has 0 aromatic carbocycles. The minimum absolute atomic E-state index is 0.182. The van der Waals surface area contributed by atoms with Crippen molar-refractivity contribution in [3.05, 3.63) is 22.6 Å². The van der Waals surface area contributed by atoms with Crippen molar-refractivity contribution in [3.63, 3.8) is 0 Å². The number of aliphatic hydroxyl groups is 1. The van der Waals surface area contributed by atoms with E-state index in [1.165, 1.54) is 4.68 Å². The molecule has 0 bridgehead atoms. The van der Waals surface area contributed by atoms with E-state index in [1.54, 1.807) is 12.3 Å². The summed E-state index contributed by atoms with van der Waals surface area (Å²) < 4.78 is 1.31. The highest BCUT2D eigenvalue weighted by atomic mass is 16.3. The smallest absolute Gasteiger partial charge is 0.268 e. The zero-order chi connectivity index (χ0) is 15.8. The maximum atomic E-state index is 12.0. The second-order valence-corrected chi connectivity index (χ2v) is 5.86. The zero-order valence-corrected chi connectivity index (χ0v) is 13.5. The van der Waals surface area contributed by atoms with Crippen LogP contribution >= 0.6 is 0 Å². The van der Waals surface area contributed by atoms with E-state index >= 15 is 0 Å². The standard InChI is InChI=1S/C15H28N4O2/c1-5-6-18(4)13-7-15(21)19(17-9-13)11-14(20)10-16-8-12(2)3/h7,9,12,14,16,20H,5-6,8,10-11H2,1-4H3. The molecule has 0 saturated carbocycles. The molecule has 0 aliphatic heterocycles. The monoisotopic (exact) mass is 296 g/mol.